The molecule has 3 aromatic carbocycles. The van der Waals surface area contributed by atoms with E-state index in [4.69, 9.17) is 14.2 Å². The molecule has 1 saturated carbocycles. The fraction of sp³-hybridized carbons (Fsp3) is 0.359. The number of ether oxygens (including phenoxy) is 3. The van der Waals surface area contributed by atoms with E-state index >= 15 is 0 Å². The van der Waals surface area contributed by atoms with Gasteiger partial charge < -0.3 is 50.0 Å². The maximum atomic E-state index is 13.8. The lowest BCUT2D eigenvalue weighted by Crippen LogP contribution is -2.60. The van der Waals surface area contributed by atoms with Crippen LogP contribution in [0.5, 0.6) is 23.0 Å². The number of hydrogen-bond donors (Lipinski definition) is 7. The molecule has 0 amide bonds. The Bertz CT molecular complexity index is 1800. The molecule has 0 aromatic heterocycles. The zero-order chi connectivity index (χ0) is 37.4. The third-order valence-electron chi connectivity index (χ3n) is 9.40. The molecule has 7 N–H and O–H groups in total. The summed E-state index contributed by atoms with van der Waals surface area (Å²) < 4.78 is 18.2. The van der Waals surface area contributed by atoms with Crippen LogP contribution in [0.2, 0.25) is 0 Å². The number of hydrogen-bond acceptors (Lipinski definition) is 12. The lowest BCUT2D eigenvalue weighted by Gasteiger charge is -2.46. The van der Waals surface area contributed by atoms with Gasteiger partial charge in [0, 0.05) is 12.8 Å². The molecule has 2 aliphatic rings. The summed E-state index contributed by atoms with van der Waals surface area (Å²) in [4.78, 5) is 39.2. The molecule has 6 unspecified atom stereocenters. The average molecular weight is 719 g/mol. The van der Waals surface area contributed by atoms with Gasteiger partial charge in [-0.25, -0.2) is 4.79 Å². The van der Waals surface area contributed by atoms with E-state index < -0.39 is 78.7 Å². The van der Waals surface area contributed by atoms with E-state index in [9.17, 15) is 50.1 Å². The van der Waals surface area contributed by atoms with Crippen molar-refractivity contribution >= 4 is 29.7 Å². The average Bonchev–Trinajstić information content (AvgIpc) is 3.11. The highest BCUT2D eigenvalue weighted by Crippen LogP contribution is 2.39. The number of fused-ring (bicyclic) bond motifs is 1. The largest absolute Gasteiger partial charge is 0.504 e. The van der Waals surface area contributed by atoms with Crippen molar-refractivity contribution in [3.63, 3.8) is 0 Å². The molecule has 13 nitrogen and oxygen atoms in total. The summed E-state index contributed by atoms with van der Waals surface area (Å²) in [7, 11) is 0. The number of aromatic hydroxyl groups is 4. The van der Waals surface area contributed by atoms with Crippen molar-refractivity contribution in [1.29, 1.82) is 0 Å². The molecule has 52 heavy (non-hydrogen) atoms. The lowest BCUT2D eigenvalue weighted by atomic mass is 9.78. The van der Waals surface area contributed by atoms with Gasteiger partial charge in [0.05, 0.1) is 25.4 Å². The lowest BCUT2D eigenvalue weighted by molar-refractivity contribution is -0.230. The maximum Gasteiger partial charge on any atom is 0.336 e. The van der Waals surface area contributed by atoms with E-state index in [1.807, 2.05) is 30.3 Å². The minimum Gasteiger partial charge on any atom is -0.504 e. The molecule has 0 spiro atoms. The molecule has 1 saturated heterocycles. The summed E-state index contributed by atoms with van der Waals surface area (Å²) in [5, 5.41) is 70.4. The van der Waals surface area contributed by atoms with Crippen LogP contribution in [0.1, 0.15) is 47.9 Å². The number of aliphatic carboxylic acids is 1. The smallest absolute Gasteiger partial charge is 0.336 e. The van der Waals surface area contributed by atoms with Crippen molar-refractivity contribution < 1.29 is 64.3 Å². The summed E-state index contributed by atoms with van der Waals surface area (Å²) in [5.74, 6) is -4.33. The second-order valence-electron chi connectivity index (χ2n) is 13.1. The Morgan fingerprint density at radius 2 is 1.62 bits per heavy atom. The fourth-order valence-corrected chi connectivity index (χ4v) is 6.51. The first-order valence-corrected chi connectivity index (χ1v) is 16.8. The Labute approximate surface area is 299 Å². The Kier molecular flexibility index (Phi) is 12.5. The molecular weight excluding hydrogens is 676 g/mol. The zero-order valence-electron chi connectivity index (χ0n) is 28.2. The van der Waals surface area contributed by atoms with Gasteiger partial charge in [-0.1, -0.05) is 48.6 Å². The van der Waals surface area contributed by atoms with Crippen LogP contribution in [0.4, 0.5) is 0 Å². The van der Waals surface area contributed by atoms with Crippen molar-refractivity contribution in [2.24, 2.45) is 5.92 Å². The number of aryl methyl sites for hydroxylation is 1. The second-order valence-corrected chi connectivity index (χ2v) is 13.1. The molecule has 1 aliphatic heterocycles. The molecule has 1 heterocycles. The van der Waals surface area contributed by atoms with Crippen LogP contribution >= 0.6 is 0 Å². The fourth-order valence-electron chi connectivity index (χ4n) is 6.51. The van der Waals surface area contributed by atoms with Crippen LogP contribution in [0.15, 0.2) is 72.8 Å². The van der Waals surface area contributed by atoms with Crippen LogP contribution in [0, 0.1) is 5.92 Å². The number of aliphatic hydroxyl groups excluding tert-OH is 2. The van der Waals surface area contributed by atoms with Gasteiger partial charge in [-0.15, -0.1) is 0 Å². The number of carboxylic acid groups (broad SMARTS) is 1. The van der Waals surface area contributed by atoms with Crippen LogP contribution in [-0.2, 0) is 41.6 Å². The van der Waals surface area contributed by atoms with Crippen LogP contribution < -0.4 is 0 Å². The van der Waals surface area contributed by atoms with Crippen LogP contribution in [0.3, 0.4) is 0 Å². The topological polar surface area (TPSA) is 221 Å². The number of aliphatic hydroxyl groups is 2. The van der Waals surface area contributed by atoms with Gasteiger partial charge in [0.2, 0.25) is 0 Å². The summed E-state index contributed by atoms with van der Waals surface area (Å²) in [6.07, 6.45) is 1.16. The Morgan fingerprint density at radius 3 is 2.33 bits per heavy atom. The molecule has 2 fully saturated rings. The summed E-state index contributed by atoms with van der Waals surface area (Å²) >= 11 is 0. The zero-order valence-corrected chi connectivity index (χ0v) is 28.2. The van der Waals surface area contributed by atoms with E-state index in [1.54, 1.807) is 0 Å². The quantitative estimate of drug-likeness (QED) is 0.0993. The number of carbonyl (C=O) groups is 3. The highest BCUT2D eigenvalue weighted by Gasteiger charge is 2.54. The number of ketones is 2. The molecule has 13 heteroatoms. The van der Waals surface area contributed by atoms with Gasteiger partial charge in [-0.05, 0) is 83.9 Å². The Hall–Kier alpha value is -5.05. The molecular formula is C39H42O13. The number of carbonyl (C=O) groups excluding carboxylic acids is 2. The van der Waals surface area contributed by atoms with Gasteiger partial charge in [-0.3, -0.25) is 9.59 Å². The van der Waals surface area contributed by atoms with Gasteiger partial charge in [0.15, 0.2) is 40.2 Å². The van der Waals surface area contributed by atoms with E-state index in [2.05, 4.69) is 0 Å². The second kappa shape index (κ2) is 17.0. The first-order valence-electron chi connectivity index (χ1n) is 16.8. The monoisotopic (exact) mass is 718 g/mol. The molecule has 6 atom stereocenters. The third-order valence-corrected chi connectivity index (χ3v) is 9.40. The highest BCUT2D eigenvalue weighted by molar-refractivity contribution is 5.97. The third kappa shape index (κ3) is 9.43. The van der Waals surface area contributed by atoms with Crippen molar-refractivity contribution in [3.05, 3.63) is 95.1 Å². The van der Waals surface area contributed by atoms with Crippen LogP contribution in [-0.4, -0.2) is 96.5 Å². The first kappa shape index (κ1) is 38.2. The summed E-state index contributed by atoms with van der Waals surface area (Å²) in [5.41, 5.74) is -0.0440. The number of carboxylic acids is 1. The number of rotatable bonds is 13. The van der Waals surface area contributed by atoms with E-state index in [0.717, 1.165) is 11.6 Å². The Morgan fingerprint density at radius 1 is 0.885 bits per heavy atom. The van der Waals surface area contributed by atoms with Gasteiger partial charge >= 0.3 is 5.97 Å². The van der Waals surface area contributed by atoms with Gasteiger partial charge in [-0.2, -0.15) is 0 Å². The van der Waals surface area contributed by atoms with Crippen molar-refractivity contribution in [1.82, 2.24) is 0 Å². The predicted molar refractivity (Wildman–Crippen MR) is 186 cm³/mol. The van der Waals surface area contributed by atoms with E-state index in [-0.39, 0.29) is 48.0 Å². The standard InChI is InChI=1S/C39H42O13/c40-20-27-17-33(46)32(45)16-26(27)10-13-30(43)35-15-25(7-6-23-4-2-1-3-5-23)21-50-37-34(47)18-39(38(48)49,19-36(37)52-35)51-22-28(41)11-8-24-9-12-29(42)31(44)14-24/h1-5,8-14,16-17,25,34-37,40,42,44-47H,6-7,15,18-22H2,(H,48,49). The normalized spacial score (nSPS) is 25.0. The van der Waals surface area contributed by atoms with Crippen molar-refractivity contribution in [2.75, 3.05) is 13.2 Å². The van der Waals surface area contributed by atoms with Gasteiger partial charge in [0.25, 0.3) is 0 Å². The number of phenolic OH excluding ortho intramolecular Hbond substituents is 4. The SMILES string of the molecule is O=C(C=Cc1ccc(O)c(O)c1)COC1(C(=O)O)CC(O)C2OCC(CCc3ccccc3)CC(C(=O)C=Cc3cc(O)c(O)cc3CO)OC2C1. The molecule has 0 bridgehead atoms. The predicted octanol–water partition coefficient (Wildman–Crippen LogP) is 3.65. The molecule has 276 valence electrons. The molecule has 1 aliphatic carbocycles. The van der Waals surface area contributed by atoms with E-state index in [1.165, 1.54) is 48.6 Å². The van der Waals surface area contributed by atoms with E-state index in [0.29, 0.717) is 18.4 Å². The summed E-state index contributed by atoms with van der Waals surface area (Å²) in [6.45, 7) is -0.991. The van der Waals surface area contributed by atoms with Crippen molar-refractivity contribution in [3.8, 4) is 23.0 Å². The number of benzene rings is 3. The first-order chi connectivity index (χ1) is 24.9. The molecule has 0 radical (unpaired) electrons. The maximum absolute atomic E-state index is 13.8. The number of phenols is 4. The molecule has 5 rings (SSSR count). The highest BCUT2D eigenvalue weighted by atomic mass is 16.6. The Balaban J connectivity index is 1.36. The summed E-state index contributed by atoms with van der Waals surface area (Å²) in [6, 6.07) is 16.1. The minimum atomic E-state index is -2.07. The molecule has 3 aromatic rings. The van der Waals surface area contributed by atoms with Crippen molar-refractivity contribution in [2.45, 2.75) is 68.7 Å². The minimum absolute atomic E-state index is 0.152. The van der Waals surface area contributed by atoms with Gasteiger partial charge in [0.1, 0.15) is 18.8 Å². The van der Waals surface area contributed by atoms with Crippen LogP contribution in [0.25, 0.3) is 12.2 Å².